The number of benzene rings is 1. The van der Waals surface area contributed by atoms with Gasteiger partial charge in [0.2, 0.25) is 0 Å². The molecule has 0 bridgehead atoms. The third-order valence-corrected chi connectivity index (χ3v) is 3.51. The first-order valence-electron chi connectivity index (χ1n) is 6.39. The fourth-order valence-corrected chi connectivity index (χ4v) is 1.76. The summed E-state index contributed by atoms with van der Waals surface area (Å²) in [5, 5.41) is 14.4. The van der Waals surface area contributed by atoms with Gasteiger partial charge in [-0.1, -0.05) is 38.4 Å². The van der Waals surface area contributed by atoms with Crippen LogP contribution < -0.4 is 10.6 Å². The summed E-state index contributed by atoms with van der Waals surface area (Å²) in [6, 6.07) is 4.11. The van der Waals surface area contributed by atoms with E-state index < -0.39 is 12.0 Å². The molecule has 5 nitrogen and oxygen atoms in total. The molecule has 0 saturated heterocycles. The summed E-state index contributed by atoms with van der Waals surface area (Å²) in [5.41, 5.74) is 0.0703. The predicted molar refractivity (Wildman–Crippen MR) is 79.4 cm³/mol. The van der Waals surface area contributed by atoms with Crippen molar-refractivity contribution in [3.63, 3.8) is 0 Å². The van der Waals surface area contributed by atoms with Crippen LogP contribution in [0.5, 0.6) is 0 Å². The van der Waals surface area contributed by atoms with Crippen LogP contribution in [0.3, 0.4) is 0 Å². The second-order valence-corrected chi connectivity index (χ2v) is 5.43. The fourth-order valence-electron chi connectivity index (χ4n) is 1.50. The molecule has 0 radical (unpaired) electrons. The topological polar surface area (TPSA) is 78.4 Å². The van der Waals surface area contributed by atoms with Gasteiger partial charge in [-0.05, 0) is 24.0 Å². The average molecular weight is 299 g/mol. The van der Waals surface area contributed by atoms with E-state index in [9.17, 15) is 9.59 Å². The SMILES string of the molecule is CC(C)C(C)CNC(=O)Nc1cccc(Cl)c1C(=O)O. The molecule has 6 heteroatoms. The molecule has 0 saturated carbocycles. The molecule has 1 unspecified atom stereocenters. The van der Waals surface area contributed by atoms with E-state index in [4.69, 9.17) is 16.7 Å². The van der Waals surface area contributed by atoms with Gasteiger partial charge in [0.05, 0.1) is 10.7 Å². The van der Waals surface area contributed by atoms with E-state index in [1.54, 1.807) is 6.07 Å². The third-order valence-electron chi connectivity index (χ3n) is 3.20. The highest BCUT2D eigenvalue weighted by atomic mass is 35.5. The van der Waals surface area contributed by atoms with Gasteiger partial charge in [0.1, 0.15) is 5.56 Å². The first-order chi connectivity index (χ1) is 9.32. The van der Waals surface area contributed by atoms with Crippen LogP contribution >= 0.6 is 11.6 Å². The molecule has 0 aromatic heterocycles. The van der Waals surface area contributed by atoms with E-state index in [2.05, 4.69) is 24.5 Å². The first kappa shape index (κ1) is 16.3. The minimum Gasteiger partial charge on any atom is -0.478 e. The summed E-state index contributed by atoms with van der Waals surface area (Å²) in [4.78, 5) is 22.9. The van der Waals surface area contributed by atoms with E-state index in [1.807, 2.05) is 6.92 Å². The number of carboxylic acids is 1. The lowest BCUT2D eigenvalue weighted by Crippen LogP contribution is -2.34. The van der Waals surface area contributed by atoms with E-state index in [0.717, 1.165) is 0 Å². The van der Waals surface area contributed by atoms with Crippen molar-refractivity contribution in [1.82, 2.24) is 5.32 Å². The molecule has 0 aliphatic heterocycles. The van der Waals surface area contributed by atoms with Crippen molar-refractivity contribution in [3.8, 4) is 0 Å². The Balaban J connectivity index is 2.72. The Hall–Kier alpha value is -1.75. The Bertz CT molecular complexity index is 503. The molecule has 1 aromatic carbocycles. The normalized spacial score (nSPS) is 12.1. The van der Waals surface area contributed by atoms with Gasteiger partial charge in [0.25, 0.3) is 0 Å². The highest BCUT2D eigenvalue weighted by Crippen LogP contribution is 2.24. The smallest absolute Gasteiger partial charge is 0.339 e. The molecule has 0 aliphatic carbocycles. The Labute approximate surface area is 123 Å². The molecule has 0 spiro atoms. The summed E-state index contributed by atoms with van der Waals surface area (Å²) in [6.45, 7) is 6.70. The average Bonchev–Trinajstić information content (AvgIpc) is 2.35. The quantitative estimate of drug-likeness (QED) is 0.779. The van der Waals surface area contributed by atoms with Gasteiger partial charge in [-0.3, -0.25) is 0 Å². The molecule has 0 aliphatic rings. The zero-order valence-electron chi connectivity index (χ0n) is 11.7. The van der Waals surface area contributed by atoms with E-state index in [-0.39, 0.29) is 16.3 Å². The molecule has 1 aromatic rings. The molecular formula is C14H19ClN2O3. The van der Waals surface area contributed by atoms with Gasteiger partial charge >= 0.3 is 12.0 Å². The van der Waals surface area contributed by atoms with Gasteiger partial charge in [0.15, 0.2) is 0 Å². The second kappa shape index (κ2) is 7.14. The summed E-state index contributed by atoms with van der Waals surface area (Å²) in [5.74, 6) is -0.392. The first-order valence-corrected chi connectivity index (χ1v) is 6.77. The van der Waals surface area contributed by atoms with Crippen molar-refractivity contribution >= 4 is 29.3 Å². The number of urea groups is 1. The molecular weight excluding hydrogens is 280 g/mol. The second-order valence-electron chi connectivity index (χ2n) is 5.02. The van der Waals surface area contributed by atoms with E-state index in [1.165, 1.54) is 12.1 Å². The van der Waals surface area contributed by atoms with Gasteiger partial charge in [-0.2, -0.15) is 0 Å². The lowest BCUT2D eigenvalue weighted by atomic mass is 9.98. The number of carboxylic acid groups (broad SMARTS) is 1. The Morgan fingerprint density at radius 1 is 1.30 bits per heavy atom. The highest BCUT2D eigenvalue weighted by molar-refractivity contribution is 6.34. The van der Waals surface area contributed by atoms with Crippen LogP contribution in [0.1, 0.15) is 31.1 Å². The number of hydrogen-bond acceptors (Lipinski definition) is 2. The standard InChI is InChI=1S/C14H19ClN2O3/c1-8(2)9(3)7-16-14(20)17-11-6-4-5-10(15)12(11)13(18)19/h4-6,8-9H,7H2,1-3H3,(H,18,19)(H2,16,17,20). The van der Waals surface area contributed by atoms with Crippen molar-refractivity contribution in [3.05, 3.63) is 28.8 Å². The van der Waals surface area contributed by atoms with Crippen molar-refractivity contribution in [1.29, 1.82) is 0 Å². The van der Waals surface area contributed by atoms with Crippen LogP contribution in [0.15, 0.2) is 18.2 Å². The monoisotopic (exact) mass is 298 g/mol. The number of anilines is 1. The van der Waals surface area contributed by atoms with E-state index >= 15 is 0 Å². The summed E-state index contributed by atoms with van der Waals surface area (Å²) < 4.78 is 0. The van der Waals surface area contributed by atoms with Crippen LogP contribution in [0.2, 0.25) is 5.02 Å². The molecule has 3 N–H and O–H groups in total. The van der Waals surface area contributed by atoms with Crippen LogP contribution in [-0.2, 0) is 0 Å². The molecule has 0 heterocycles. The number of carbonyl (C=O) groups excluding carboxylic acids is 1. The number of aromatic carboxylic acids is 1. The largest absolute Gasteiger partial charge is 0.478 e. The van der Waals surface area contributed by atoms with Crippen LogP contribution in [-0.4, -0.2) is 23.7 Å². The number of carbonyl (C=O) groups is 2. The number of nitrogens with one attached hydrogen (secondary N) is 2. The van der Waals surface area contributed by atoms with Crippen LogP contribution in [0.25, 0.3) is 0 Å². The molecule has 110 valence electrons. The summed E-state index contributed by atoms with van der Waals surface area (Å²) in [7, 11) is 0. The molecule has 1 rings (SSSR count). The number of amides is 2. The van der Waals surface area contributed by atoms with Crippen molar-refractivity contribution < 1.29 is 14.7 Å². The Morgan fingerprint density at radius 2 is 1.95 bits per heavy atom. The van der Waals surface area contributed by atoms with Crippen LogP contribution in [0.4, 0.5) is 10.5 Å². The summed E-state index contributed by atoms with van der Waals surface area (Å²) in [6.07, 6.45) is 0. The minimum atomic E-state index is -1.18. The maximum atomic E-state index is 11.8. The Morgan fingerprint density at radius 3 is 2.50 bits per heavy atom. The molecule has 2 amide bonds. The van der Waals surface area contributed by atoms with Gasteiger partial charge in [0, 0.05) is 6.54 Å². The van der Waals surface area contributed by atoms with Crippen molar-refractivity contribution in [2.45, 2.75) is 20.8 Å². The van der Waals surface area contributed by atoms with Gasteiger partial charge in [-0.15, -0.1) is 0 Å². The van der Waals surface area contributed by atoms with Gasteiger partial charge < -0.3 is 15.7 Å². The van der Waals surface area contributed by atoms with Gasteiger partial charge in [-0.25, -0.2) is 9.59 Å². The number of hydrogen-bond donors (Lipinski definition) is 3. The maximum absolute atomic E-state index is 11.8. The van der Waals surface area contributed by atoms with Crippen molar-refractivity contribution in [2.75, 3.05) is 11.9 Å². The lowest BCUT2D eigenvalue weighted by molar-refractivity contribution is 0.0698. The molecule has 20 heavy (non-hydrogen) atoms. The third kappa shape index (κ3) is 4.42. The van der Waals surface area contributed by atoms with Crippen LogP contribution in [0, 0.1) is 11.8 Å². The predicted octanol–water partition coefficient (Wildman–Crippen LogP) is 3.45. The molecule has 1 atom stereocenters. The molecule has 0 fully saturated rings. The minimum absolute atomic E-state index is 0.0887. The zero-order chi connectivity index (χ0) is 15.3. The maximum Gasteiger partial charge on any atom is 0.339 e. The zero-order valence-corrected chi connectivity index (χ0v) is 12.5. The van der Waals surface area contributed by atoms with Crippen molar-refractivity contribution in [2.24, 2.45) is 11.8 Å². The fraction of sp³-hybridized carbons (Fsp3) is 0.429. The number of halogens is 1. The summed E-state index contributed by atoms with van der Waals surface area (Å²) >= 11 is 5.82. The lowest BCUT2D eigenvalue weighted by Gasteiger charge is -2.17. The number of rotatable bonds is 5. The Kier molecular flexibility index (Phi) is 5.82. The van der Waals surface area contributed by atoms with E-state index in [0.29, 0.717) is 18.4 Å². The highest BCUT2D eigenvalue weighted by Gasteiger charge is 2.16.